The van der Waals surface area contributed by atoms with Gasteiger partial charge in [0, 0.05) is 29.9 Å². The van der Waals surface area contributed by atoms with Crippen LogP contribution in [0.2, 0.25) is 0 Å². The second-order valence-electron chi connectivity index (χ2n) is 4.17. The zero-order chi connectivity index (χ0) is 12.9. The Bertz CT molecular complexity index is 460. The second-order valence-corrected chi connectivity index (χ2v) is 6.43. The average Bonchev–Trinajstić information content (AvgIpc) is 2.24. The van der Waals surface area contributed by atoms with Crippen LogP contribution in [0.1, 0.15) is 30.1 Å². The number of nitrogens with zero attached hydrogens (tertiary/aromatic N) is 1. The van der Waals surface area contributed by atoms with E-state index in [1.54, 1.807) is 6.20 Å². The molecule has 0 radical (unpaired) electrons. The maximum Gasteiger partial charge on any atom is 0.147 e. The maximum absolute atomic E-state index is 11.0. The smallest absolute Gasteiger partial charge is 0.147 e. The predicted molar refractivity (Wildman–Crippen MR) is 68.0 cm³/mol. The van der Waals surface area contributed by atoms with Crippen molar-refractivity contribution in [2.24, 2.45) is 5.84 Å². The van der Waals surface area contributed by atoms with Crippen molar-refractivity contribution in [1.29, 1.82) is 0 Å². The van der Waals surface area contributed by atoms with Crippen LogP contribution in [0.4, 0.5) is 0 Å². The summed E-state index contributed by atoms with van der Waals surface area (Å²) >= 11 is 0. The minimum Gasteiger partial charge on any atom is -0.271 e. The quantitative estimate of drug-likeness (QED) is 0.579. The van der Waals surface area contributed by atoms with Gasteiger partial charge in [0.05, 0.1) is 0 Å². The minimum atomic E-state index is -2.90. The number of pyridine rings is 1. The summed E-state index contributed by atoms with van der Waals surface area (Å²) in [6.07, 6.45) is 4.23. The number of nitrogens with two attached hydrogens (primary N) is 1. The molecule has 0 bridgehead atoms. The zero-order valence-corrected chi connectivity index (χ0v) is 11.0. The molecule has 0 amide bonds. The molecule has 1 aromatic rings. The van der Waals surface area contributed by atoms with Crippen LogP contribution in [0.25, 0.3) is 0 Å². The number of aryl methyl sites for hydroxylation is 1. The molecule has 17 heavy (non-hydrogen) atoms. The highest BCUT2D eigenvalue weighted by Crippen LogP contribution is 2.19. The van der Waals surface area contributed by atoms with Crippen LogP contribution < -0.4 is 11.3 Å². The van der Waals surface area contributed by atoms with E-state index >= 15 is 0 Å². The Labute approximate surface area is 102 Å². The first-order valence-electron chi connectivity index (χ1n) is 5.49. The Morgan fingerprint density at radius 1 is 1.53 bits per heavy atom. The van der Waals surface area contributed by atoms with Crippen LogP contribution in [-0.2, 0) is 9.84 Å². The molecule has 5 nitrogen and oxygen atoms in total. The molecule has 1 atom stereocenters. The second kappa shape index (κ2) is 6.09. The van der Waals surface area contributed by atoms with Crippen LogP contribution in [0.15, 0.2) is 18.3 Å². The van der Waals surface area contributed by atoms with Crippen molar-refractivity contribution < 1.29 is 8.42 Å². The summed E-state index contributed by atoms with van der Waals surface area (Å²) < 4.78 is 22.1. The van der Waals surface area contributed by atoms with E-state index in [1.807, 2.05) is 19.1 Å². The van der Waals surface area contributed by atoms with Crippen LogP contribution in [0.3, 0.4) is 0 Å². The van der Waals surface area contributed by atoms with E-state index < -0.39 is 9.84 Å². The van der Waals surface area contributed by atoms with E-state index in [-0.39, 0.29) is 11.8 Å². The summed E-state index contributed by atoms with van der Waals surface area (Å²) in [5.41, 5.74) is 4.64. The molecular weight excluding hydrogens is 238 g/mol. The van der Waals surface area contributed by atoms with Crippen molar-refractivity contribution in [2.45, 2.75) is 25.8 Å². The van der Waals surface area contributed by atoms with E-state index in [2.05, 4.69) is 10.4 Å². The molecule has 0 aromatic carbocycles. The summed E-state index contributed by atoms with van der Waals surface area (Å²) in [6, 6.07) is 3.75. The fourth-order valence-corrected chi connectivity index (χ4v) is 2.43. The molecule has 0 spiro atoms. The highest BCUT2D eigenvalue weighted by atomic mass is 32.2. The van der Waals surface area contributed by atoms with Gasteiger partial charge < -0.3 is 0 Å². The van der Waals surface area contributed by atoms with Crippen LogP contribution >= 0.6 is 0 Å². The van der Waals surface area contributed by atoms with Gasteiger partial charge in [0.2, 0.25) is 0 Å². The molecule has 0 aliphatic carbocycles. The number of hydrazine groups is 1. The summed E-state index contributed by atoms with van der Waals surface area (Å²) in [7, 11) is -2.90. The third-order valence-corrected chi connectivity index (χ3v) is 3.66. The van der Waals surface area contributed by atoms with Gasteiger partial charge in [-0.3, -0.25) is 16.3 Å². The van der Waals surface area contributed by atoms with E-state index in [4.69, 9.17) is 5.84 Å². The highest BCUT2D eigenvalue weighted by Gasteiger charge is 2.13. The standard InChI is InChI=1S/C11H19N3O2S/c1-9-10(5-3-7-13-9)11(14-12)6-4-8-17(2,15)16/h3,5,7,11,14H,4,6,8,12H2,1-2H3. The van der Waals surface area contributed by atoms with E-state index in [9.17, 15) is 8.42 Å². The molecule has 1 heterocycles. The van der Waals surface area contributed by atoms with E-state index in [1.165, 1.54) is 6.26 Å². The molecule has 1 aromatic heterocycles. The molecule has 0 aliphatic heterocycles. The number of rotatable bonds is 6. The Kier molecular flexibility index (Phi) is 5.04. The van der Waals surface area contributed by atoms with Gasteiger partial charge in [-0.1, -0.05) is 6.07 Å². The first-order chi connectivity index (χ1) is 7.94. The van der Waals surface area contributed by atoms with Gasteiger partial charge >= 0.3 is 0 Å². The monoisotopic (exact) mass is 257 g/mol. The number of hydrogen-bond donors (Lipinski definition) is 2. The van der Waals surface area contributed by atoms with Crippen LogP contribution in [-0.4, -0.2) is 25.4 Å². The zero-order valence-electron chi connectivity index (χ0n) is 10.2. The lowest BCUT2D eigenvalue weighted by molar-refractivity contribution is 0.504. The van der Waals surface area contributed by atoms with Gasteiger partial charge in [-0.2, -0.15) is 0 Å². The van der Waals surface area contributed by atoms with Gasteiger partial charge in [0.1, 0.15) is 9.84 Å². The summed E-state index contributed by atoms with van der Waals surface area (Å²) in [5.74, 6) is 5.68. The molecule has 0 fully saturated rings. The van der Waals surface area contributed by atoms with E-state index in [0.29, 0.717) is 12.8 Å². The van der Waals surface area contributed by atoms with Gasteiger partial charge in [-0.25, -0.2) is 8.42 Å². The Balaban J connectivity index is 2.64. The SMILES string of the molecule is Cc1ncccc1C(CCCS(C)(=O)=O)NN. The van der Waals surface area contributed by atoms with Gasteiger partial charge in [0.25, 0.3) is 0 Å². The number of sulfone groups is 1. The number of nitrogens with one attached hydrogen (secondary N) is 1. The molecule has 3 N–H and O–H groups in total. The third-order valence-electron chi connectivity index (χ3n) is 2.63. The lowest BCUT2D eigenvalue weighted by atomic mass is 10.0. The van der Waals surface area contributed by atoms with Crippen molar-refractivity contribution in [2.75, 3.05) is 12.0 Å². The predicted octanol–water partition coefficient (Wildman–Crippen LogP) is 0.719. The molecule has 1 rings (SSSR count). The van der Waals surface area contributed by atoms with E-state index in [0.717, 1.165) is 11.3 Å². The lowest BCUT2D eigenvalue weighted by Gasteiger charge is -2.17. The summed E-state index contributed by atoms with van der Waals surface area (Å²) in [6.45, 7) is 1.91. The molecule has 0 saturated carbocycles. The van der Waals surface area contributed by atoms with Gasteiger partial charge in [-0.15, -0.1) is 0 Å². The van der Waals surface area contributed by atoms with Crippen LogP contribution in [0, 0.1) is 6.92 Å². The number of aromatic nitrogens is 1. The summed E-state index contributed by atoms with van der Waals surface area (Å²) in [4.78, 5) is 4.19. The maximum atomic E-state index is 11.0. The number of hydrogen-bond acceptors (Lipinski definition) is 5. The third kappa shape index (κ3) is 4.80. The van der Waals surface area contributed by atoms with Crippen LogP contribution in [0.5, 0.6) is 0 Å². The topological polar surface area (TPSA) is 85.1 Å². The van der Waals surface area contributed by atoms with Crippen molar-refractivity contribution >= 4 is 9.84 Å². The lowest BCUT2D eigenvalue weighted by Crippen LogP contribution is -2.29. The minimum absolute atomic E-state index is 0.0505. The molecule has 6 heteroatoms. The van der Waals surface area contributed by atoms with Crippen molar-refractivity contribution in [1.82, 2.24) is 10.4 Å². The van der Waals surface area contributed by atoms with Gasteiger partial charge in [0.15, 0.2) is 0 Å². The largest absolute Gasteiger partial charge is 0.271 e. The molecule has 0 saturated heterocycles. The normalized spacial score (nSPS) is 13.6. The summed E-state index contributed by atoms with van der Waals surface area (Å²) in [5, 5.41) is 0. The average molecular weight is 257 g/mol. The fraction of sp³-hybridized carbons (Fsp3) is 0.545. The Hall–Kier alpha value is -0.980. The highest BCUT2D eigenvalue weighted by molar-refractivity contribution is 7.90. The molecule has 0 aliphatic rings. The Morgan fingerprint density at radius 3 is 2.76 bits per heavy atom. The Morgan fingerprint density at radius 2 is 2.24 bits per heavy atom. The van der Waals surface area contributed by atoms with Crippen molar-refractivity contribution in [3.05, 3.63) is 29.6 Å². The first kappa shape index (κ1) is 14.1. The fourth-order valence-electron chi connectivity index (χ4n) is 1.74. The molecule has 96 valence electrons. The molecule has 1 unspecified atom stereocenters. The molecular formula is C11H19N3O2S. The van der Waals surface area contributed by atoms with Gasteiger partial charge in [-0.05, 0) is 31.4 Å². The first-order valence-corrected chi connectivity index (χ1v) is 7.55. The van der Waals surface area contributed by atoms with Crippen molar-refractivity contribution in [3.8, 4) is 0 Å². The van der Waals surface area contributed by atoms with Crippen molar-refractivity contribution in [3.63, 3.8) is 0 Å².